The zero-order valence-electron chi connectivity index (χ0n) is 9.90. The molecule has 1 heterocycles. The molecule has 90 valence electrons. The summed E-state index contributed by atoms with van der Waals surface area (Å²) in [6.45, 7) is 2.61. The molecule has 4 nitrogen and oxygen atoms in total. The predicted molar refractivity (Wildman–Crippen MR) is 65.8 cm³/mol. The largest absolute Gasteiger partial charge is 0.328 e. The van der Waals surface area contributed by atoms with Gasteiger partial charge in [-0.15, -0.1) is 0 Å². The number of carbonyl (C=O) groups is 2. The number of hydrogen-bond acceptors (Lipinski definition) is 2. The van der Waals surface area contributed by atoms with Gasteiger partial charge in [0.15, 0.2) is 0 Å². The molecule has 1 aliphatic heterocycles. The number of likely N-dealkylation sites (tertiary alicyclic amines) is 1. The van der Waals surface area contributed by atoms with E-state index in [1.165, 1.54) is 10.5 Å². The van der Waals surface area contributed by atoms with Crippen molar-refractivity contribution in [1.29, 1.82) is 0 Å². The highest BCUT2D eigenvalue weighted by atomic mass is 16.2. The molecule has 1 saturated heterocycles. The Hall–Kier alpha value is -1.84. The van der Waals surface area contributed by atoms with Crippen molar-refractivity contribution in [2.24, 2.45) is 0 Å². The molecule has 0 aliphatic carbocycles. The second-order valence-corrected chi connectivity index (χ2v) is 4.13. The summed E-state index contributed by atoms with van der Waals surface area (Å²) in [5.74, 6) is -0.0901. The molecule has 0 radical (unpaired) electrons. The second-order valence-electron chi connectivity index (χ2n) is 4.13. The Morgan fingerprint density at radius 3 is 2.59 bits per heavy atom. The van der Waals surface area contributed by atoms with E-state index in [1.807, 2.05) is 24.3 Å². The van der Waals surface area contributed by atoms with E-state index in [4.69, 9.17) is 0 Å². The number of rotatable bonds is 2. The van der Waals surface area contributed by atoms with Crippen molar-refractivity contribution >= 4 is 17.6 Å². The van der Waals surface area contributed by atoms with Crippen LogP contribution in [0.25, 0.3) is 0 Å². The number of nitrogens with one attached hydrogen (secondary N) is 1. The van der Waals surface area contributed by atoms with Crippen LogP contribution in [0.1, 0.15) is 25.3 Å². The molecule has 0 unspecified atom stereocenters. The van der Waals surface area contributed by atoms with Crippen LogP contribution in [-0.4, -0.2) is 23.4 Å². The molecular weight excluding hydrogens is 216 g/mol. The zero-order chi connectivity index (χ0) is 12.3. The van der Waals surface area contributed by atoms with Gasteiger partial charge in [0.25, 0.3) is 0 Å². The average Bonchev–Trinajstić information content (AvgIpc) is 2.76. The van der Waals surface area contributed by atoms with E-state index < -0.39 is 0 Å². The number of anilines is 1. The van der Waals surface area contributed by atoms with E-state index in [1.54, 1.807) is 0 Å². The smallest absolute Gasteiger partial charge is 0.307 e. The third kappa shape index (κ3) is 2.64. The van der Waals surface area contributed by atoms with E-state index in [9.17, 15) is 9.59 Å². The highest BCUT2D eigenvalue weighted by Gasteiger charge is 2.26. The summed E-state index contributed by atoms with van der Waals surface area (Å²) in [4.78, 5) is 24.4. The lowest BCUT2D eigenvalue weighted by atomic mass is 10.1. The molecule has 2 rings (SSSR count). The lowest BCUT2D eigenvalue weighted by Crippen LogP contribution is -2.35. The van der Waals surface area contributed by atoms with Crippen molar-refractivity contribution in [3.63, 3.8) is 0 Å². The van der Waals surface area contributed by atoms with Gasteiger partial charge in [0.2, 0.25) is 5.91 Å². The van der Waals surface area contributed by atoms with Crippen molar-refractivity contribution in [2.75, 3.05) is 11.9 Å². The topological polar surface area (TPSA) is 49.4 Å². The Bertz CT molecular complexity index is 426. The molecule has 1 aromatic rings. The van der Waals surface area contributed by atoms with Crippen molar-refractivity contribution < 1.29 is 9.59 Å². The molecule has 0 bridgehead atoms. The van der Waals surface area contributed by atoms with Gasteiger partial charge >= 0.3 is 6.03 Å². The van der Waals surface area contributed by atoms with Gasteiger partial charge in [-0.1, -0.05) is 19.1 Å². The summed E-state index contributed by atoms with van der Waals surface area (Å²) < 4.78 is 0. The third-order valence-corrected chi connectivity index (χ3v) is 2.93. The lowest BCUT2D eigenvalue weighted by molar-refractivity contribution is -0.125. The molecule has 1 fully saturated rings. The molecule has 0 aromatic heterocycles. The van der Waals surface area contributed by atoms with Crippen LogP contribution in [0.15, 0.2) is 24.3 Å². The molecular formula is C13H16N2O2. The van der Waals surface area contributed by atoms with Gasteiger partial charge in [0, 0.05) is 18.7 Å². The van der Waals surface area contributed by atoms with Crippen LogP contribution in [0.4, 0.5) is 10.5 Å². The number of urea groups is 1. The minimum Gasteiger partial charge on any atom is -0.307 e. The van der Waals surface area contributed by atoms with E-state index in [0.29, 0.717) is 13.0 Å². The van der Waals surface area contributed by atoms with Gasteiger partial charge in [-0.3, -0.25) is 9.69 Å². The first-order valence-corrected chi connectivity index (χ1v) is 5.91. The number of imide groups is 1. The van der Waals surface area contributed by atoms with E-state index in [2.05, 4.69) is 12.2 Å². The Morgan fingerprint density at radius 2 is 2.06 bits per heavy atom. The molecule has 0 spiro atoms. The summed E-state index contributed by atoms with van der Waals surface area (Å²) in [5, 5.41) is 2.73. The Labute approximate surface area is 101 Å². The SMILES string of the molecule is CCc1ccc(NC(=O)N2CCCC2=O)cc1. The molecule has 0 atom stereocenters. The maximum Gasteiger partial charge on any atom is 0.328 e. The van der Waals surface area contributed by atoms with Crippen molar-refractivity contribution in [1.82, 2.24) is 4.90 Å². The van der Waals surface area contributed by atoms with Crippen molar-refractivity contribution in [2.45, 2.75) is 26.2 Å². The monoisotopic (exact) mass is 232 g/mol. The Kier molecular flexibility index (Phi) is 3.42. The number of nitrogens with zero attached hydrogens (tertiary/aromatic N) is 1. The predicted octanol–water partition coefficient (Wildman–Crippen LogP) is 2.40. The molecule has 1 aromatic carbocycles. The highest BCUT2D eigenvalue weighted by molar-refractivity contribution is 6.02. The molecule has 4 heteroatoms. The second kappa shape index (κ2) is 4.99. The Morgan fingerprint density at radius 1 is 1.35 bits per heavy atom. The molecule has 17 heavy (non-hydrogen) atoms. The number of benzene rings is 1. The minimum absolute atomic E-state index is 0.0901. The van der Waals surface area contributed by atoms with Crippen LogP contribution in [-0.2, 0) is 11.2 Å². The standard InChI is InChI=1S/C13H16N2O2/c1-2-10-5-7-11(8-6-10)14-13(17)15-9-3-4-12(15)16/h5-8H,2-4,9H2,1H3,(H,14,17). The van der Waals surface area contributed by atoms with Gasteiger partial charge in [-0.2, -0.15) is 0 Å². The van der Waals surface area contributed by atoms with Gasteiger partial charge in [-0.05, 0) is 30.5 Å². The first-order valence-electron chi connectivity index (χ1n) is 5.91. The fraction of sp³-hybridized carbons (Fsp3) is 0.385. The van der Waals surface area contributed by atoms with Crippen LogP contribution < -0.4 is 5.32 Å². The molecule has 3 amide bonds. The van der Waals surface area contributed by atoms with Crippen LogP contribution in [0, 0.1) is 0 Å². The number of carbonyl (C=O) groups excluding carboxylic acids is 2. The number of aryl methyl sites for hydroxylation is 1. The maximum atomic E-state index is 11.8. The summed E-state index contributed by atoms with van der Waals surface area (Å²) in [5.41, 5.74) is 1.95. The van der Waals surface area contributed by atoms with Crippen molar-refractivity contribution in [3.05, 3.63) is 29.8 Å². The van der Waals surface area contributed by atoms with Crippen LogP contribution in [0.5, 0.6) is 0 Å². The van der Waals surface area contributed by atoms with Gasteiger partial charge < -0.3 is 5.32 Å². The Balaban J connectivity index is 2.00. The highest BCUT2D eigenvalue weighted by Crippen LogP contribution is 2.14. The normalized spacial score (nSPS) is 15.1. The number of amides is 3. The minimum atomic E-state index is -0.322. The summed E-state index contributed by atoms with van der Waals surface area (Å²) in [6, 6.07) is 7.34. The van der Waals surface area contributed by atoms with E-state index in [-0.39, 0.29) is 11.9 Å². The van der Waals surface area contributed by atoms with E-state index >= 15 is 0 Å². The molecule has 1 N–H and O–H groups in total. The van der Waals surface area contributed by atoms with Crippen LogP contribution in [0.3, 0.4) is 0 Å². The fourth-order valence-electron chi connectivity index (χ4n) is 1.88. The van der Waals surface area contributed by atoms with Crippen LogP contribution in [0.2, 0.25) is 0 Å². The first-order chi connectivity index (χ1) is 8.20. The van der Waals surface area contributed by atoms with Crippen molar-refractivity contribution in [3.8, 4) is 0 Å². The van der Waals surface area contributed by atoms with Gasteiger partial charge in [0.1, 0.15) is 0 Å². The lowest BCUT2D eigenvalue weighted by Gasteiger charge is -2.14. The average molecular weight is 232 g/mol. The number of hydrogen-bond donors (Lipinski definition) is 1. The summed E-state index contributed by atoms with van der Waals surface area (Å²) >= 11 is 0. The van der Waals surface area contributed by atoms with Gasteiger partial charge in [0.05, 0.1) is 0 Å². The quantitative estimate of drug-likeness (QED) is 0.851. The molecule has 1 aliphatic rings. The van der Waals surface area contributed by atoms with Gasteiger partial charge in [-0.25, -0.2) is 4.79 Å². The third-order valence-electron chi connectivity index (χ3n) is 2.93. The summed E-state index contributed by atoms with van der Waals surface area (Å²) in [6.07, 6.45) is 2.21. The first kappa shape index (κ1) is 11.6. The van der Waals surface area contributed by atoms with Crippen LogP contribution >= 0.6 is 0 Å². The fourth-order valence-corrected chi connectivity index (χ4v) is 1.88. The summed E-state index contributed by atoms with van der Waals surface area (Å²) in [7, 11) is 0. The zero-order valence-corrected chi connectivity index (χ0v) is 9.90. The van der Waals surface area contributed by atoms with E-state index in [0.717, 1.165) is 18.5 Å². The molecule has 0 saturated carbocycles. The maximum absolute atomic E-state index is 11.8.